The van der Waals surface area contributed by atoms with E-state index in [1.54, 1.807) is 13.8 Å². The Labute approximate surface area is 63.7 Å². The van der Waals surface area contributed by atoms with Crippen molar-refractivity contribution < 1.29 is 5.11 Å². The van der Waals surface area contributed by atoms with Gasteiger partial charge in [-0.3, -0.25) is 0 Å². The lowest BCUT2D eigenvalue weighted by atomic mass is 10.1. The highest BCUT2D eigenvalue weighted by molar-refractivity contribution is 4.78. The molecule has 0 aliphatic carbocycles. The maximum atomic E-state index is 8.28. The smallest absolute Gasteiger partial charge is 0.0605 e. The summed E-state index contributed by atoms with van der Waals surface area (Å²) in [5.74, 6) is 0. The Balaban J connectivity index is 0. The van der Waals surface area contributed by atoms with Crippen LogP contribution in [-0.2, 0) is 0 Å². The number of hydrogen-bond donors (Lipinski definition) is 2. The molecule has 0 unspecified atom stereocenters. The summed E-state index contributed by atoms with van der Waals surface area (Å²) in [6, 6.07) is 0. The molecule has 0 aromatic rings. The Bertz CT molecular complexity index is 87.9. The van der Waals surface area contributed by atoms with Crippen molar-refractivity contribution in [2.75, 3.05) is 6.61 Å². The van der Waals surface area contributed by atoms with Crippen LogP contribution in [0.15, 0.2) is 12.2 Å². The lowest BCUT2D eigenvalue weighted by Gasteiger charge is -2.12. The Kier molecular flexibility index (Phi) is 6.72. The average molecular weight is 145 g/mol. The van der Waals surface area contributed by atoms with Crippen molar-refractivity contribution in [2.45, 2.75) is 33.2 Å². The van der Waals surface area contributed by atoms with Gasteiger partial charge in [0.2, 0.25) is 0 Å². The van der Waals surface area contributed by atoms with Gasteiger partial charge in [-0.25, -0.2) is 0 Å². The van der Waals surface area contributed by atoms with Gasteiger partial charge in [-0.2, -0.15) is 0 Å². The van der Waals surface area contributed by atoms with Crippen LogP contribution in [0.2, 0.25) is 0 Å². The molecule has 0 amide bonds. The summed E-state index contributed by atoms with van der Waals surface area (Å²) in [7, 11) is 0. The quantitative estimate of drug-likeness (QED) is 0.546. The number of aliphatic hydroxyl groups excluding tert-OH is 1. The Hall–Kier alpha value is -0.340. The minimum absolute atomic E-state index is 0.0486. The number of rotatable bonds is 1. The zero-order valence-electron chi connectivity index (χ0n) is 7.44. The largest absolute Gasteiger partial charge is 0.394 e. The second-order valence-electron chi connectivity index (χ2n) is 3.35. The summed E-state index contributed by atoms with van der Waals surface area (Å²) in [4.78, 5) is 0. The van der Waals surface area contributed by atoms with E-state index in [9.17, 15) is 0 Å². The third kappa shape index (κ3) is 48.0. The number of nitrogens with two attached hydrogens (primary N) is 1. The van der Waals surface area contributed by atoms with Gasteiger partial charge in [0, 0.05) is 5.54 Å². The van der Waals surface area contributed by atoms with Gasteiger partial charge in [-0.1, -0.05) is 5.57 Å². The van der Waals surface area contributed by atoms with E-state index in [0.29, 0.717) is 0 Å². The summed E-state index contributed by atoms with van der Waals surface area (Å²) in [6.45, 7) is 11.1. The van der Waals surface area contributed by atoms with Gasteiger partial charge in [0.1, 0.15) is 0 Å². The molecule has 3 N–H and O–H groups in total. The number of aliphatic hydroxyl groups is 1. The normalized spacial score (nSPS) is 9.80. The van der Waals surface area contributed by atoms with Crippen LogP contribution >= 0.6 is 0 Å². The molecule has 0 aromatic carbocycles. The van der Waals surface area contributed by atoms with E-state index in [1.165, 1.54) is 5.57 Å². The molecule has 0 saturated heterocycles. The molecule has 10 heavy (non-hydrogen) atoms. The van der Waals surface area contributed by atoms with Crippen LogP contribution in [0.3, 0.4) is 0 Å². The summed E-state index contributed by atoms with van der Waals surface area (Å²) < 4.78 is 0. The molecule has 0 heterocycles. The summed E-state index contributed by atoms with van der Waals surface area (Å²) in [5.41, 5.74) is 6.05. The van der Waals surface area contributed by atoms with Crippen LogP contribution in [0.25, 0.3) is 0 Å². The standard InChI is InChI=1S/C4H11NO.C4H8/c1-4(2,5)3-6;1-4(2)3/h6H,3,5H2,1-2H3;1H2,2-3H3. The van der Waals surface area contributed by atoms with E-state index in [-0.39, 0.29) is 6.61 Å². The Morgan fingerprint density at radius 3 is 1.60 bits per heavy atom. The van der Waals surface area contributed by atoms with Gasteiger partial charge >= 0.3 is 0 Å². The highest BCUT2D eigenvalue weighted by Crippen LogP contribution is 1.89. The van der Waals surface area contributed by atoms with E-state index >= 15 is 0 Å². The summed E-state index contributed by atoms with van der Waals surface area (Å²) >= 11 is 0. The van der Waals surface area contributed by atoms with Crippen molar-refractivity contribution in [1.82, 2.24) is 0 Å². The monoisotopic (exact) mass is 145 g/mol. The van der Waals surface area contributed by atoms with E-state index < -0.39 is 5.54 Å². The SMILES string of the molecule is C=C(C)C.CC(C)(N)CO. The van der Waals surface area contributed by atoms with E-state index in [4.69, 9.17) is 10.8 Å². The lowest BCUT2D eigenvalue weighted by molar-refractivity contribution is 0.221. The van der Waals surface area contributed by atoms with Crippen molar-refractivity contribution in [1.29, 1.82) is 0 Å². The molecule has 0 atom stereocenters. The van der Waals surface area contributed by atoms with Crippen molar-refractivity contribution in [3.8, 4) is 0 Å². The molecule has 0 spiro atoms. The van der Waals surface area contributed by atoms with Gasteiger partial charge < -0.3 is 10.8 Å². The first kappa shape index (κ1) is 12.3. The van der Waals surface area contributed by atoms with Gasteiger partial charge in [0.25, 0.3) is 0 Å². The van der Waals surface area contributed by atoms with Crippen LogP contribution in [0, 0.1) is 0 Å². The van der Waals surface area contributed by atoms with Gasteiger partial charge in [0.05, 0.1) is 6.61 Å². The van der Waals surface area contributed by atoms with E-state index in [1.807, 2.05) is 13.8 Å². The second-order valence-corrected chi connectivity index (χ2v) is 3.35. The van der Waals surface area contributed by atoms with E-state index in [0.717, 1.165) is 0 Å². The first-order valence-electron chi connectivity index (χ1n) is 3.31. The molecule has 2 nitrogen and oxygen atoms in total. The van der Waals surface area contributed by atoms with Crippen LogP contribution in [0.4, 0.5) is 0 Å². The fourth-order valence-corrected chi connectivity index (χ4v) is 0. The third-order valence-corrected chi connectivity index (χ3v) is 0.408. The molecule has 0 radical (unpaired) electrons. The minimum atomic E-state index is -0.403. The molecule has 62 valence electrons. The van der Waals surface area contributed by atoms with Crippen molar-refractivity contribution in [2.24, 2.45) is 5.73 Å². The fraction of sp³-hybridized carbons (Fsp3) is 0.750. The Morgan fingerprint density at radius 1 is 1.50 bits per heavy atom. The summed E-state index contributed by atoms with van der Waals surface area (Å²) in [6.07, 6.45) is 0. The van der Waals surface area contributed by atoms with Crippen molar-refractivity contribution in [3.63, 3.8) is 0 Å². The minimum Gasteiger partial charge on any atom is -0.394 e. The lowest BCUT2D eigenvalue weighted by Crippen LogP contribution is -2.35. The molecule has 0 fully saturated rings. The van der Waals surface area contributed by atoms with Crippen LogP contribution in [-0.4, -0.2) is 17.3 Å². The highest BCUT2D eigenvalue weighted by atomic mass is 16.3. The first-order valence-corrected chi connectivity index (χ1v) is 3.31. The van der Waals surface area contributed by atoms with Gasteiger partial charge in [-0.05, 0) is 27.7 Å². The molecule has 0 aromatic heterocycles. The van der Waals surface area contributed by atoms with E-state index in [2.05, 4.69) is 6.58 Å². The number of allylic oxidation sites excluding steroid dienone is 1. The van der Waals surface area contributed by atoms with Crippen molar-refractivity contribution in [3.05, 3.63) is 12.2 Å². The number of hydrogen-bond acceptors (Lipinski definition) is 2. The maximum Gasteiger partial charge on any atom is 0.0605 e. The first-order chi connectivity index (χ1) is 4.29. The predicted molar refractivity (Wildman–Crippen MR) is 45.8 cm³/mol. The Morgan fingerprint density at radius 2 is 1.60 bits per heavy atom. The highest BCUT2D eigenvalue weighted by Gasteiger charge is 2.05. The molecule has 0 aliphatic rings. The summed E-state index contributed by atoms with van der Waals surface area (Å²) in [5, 5.41) is 8.28. The maximum absolute atomic E-state index is 8.28. The van der Waals surface area contributed by atoms with Crippen LogP contribution in [0.5, 0.6) is 0 Å². The second kappa shape index (κ2) is 5.45. The molecule has 2 heteroatoms. The molecular weight excluding hydrogens is 126 g/mol. The average Bonchev–Trinajstić information content (AvgIpc) is 1.63. The zero-order chi connectivity index (χ0) is 8.78. The van der Waals surface area contributed by atoms with Gasteiger partial charge in [0.15, 0.2) is 0 Å². The van der Waals surface area contributed by atoms with Crippen LogP contribution < -0.4 is 5.73 Å². The third-order valence-electron chi connectivity index (χ3n) is 0.408. The van der Waals surface area contributed by atoms with Crippen LogP contribution in [0.1, 0.15) is 27.7 Å². The zero-order valence-corrected chi connectivity index (χ0v) is 7.44. The molecule has 0 bridgehead atoms. The van der Waals surface area contributed by atoms with Gasteiger partial charge in [-0.15, -0.1) is 6.58 Å². The molecule has 0 aliphatic heterocycles. The fourth-order valence-electron chi connectivity index (χ4n) is 0. The molecule has 0 rings (SSSR count). The predicted octanol–water partition coefficient (Wildman–Crippen LogP) is 1.30. The molecule has 0 saturated carbocycles. The molecular formula is C8H19NO. The topological polar surface area (TPSA) is 46.2 Å². The van der Waals surface area contributed by atoms with Crippen molar-refractivity contribution >= 4 is 0 Å².